The molecule has 1 aromatic heterocycles. The summed E-state index contributed by atoms with van der Waals surface area (Å²) >= 11 is 0. The number of hydrogen-bond donors (Lipinski definition) is 2. The van der Waals surface area contributed by atoms with Gasteiger partial charge in [-0.25, -0.2) is 9.59 Å². The highest BCUT2D eigenvalue weighted by atomic mass is 16.5. The molecule has 0 aliphatic carbocycles. The molecule has 0 aliphatic rings. The van der Waals surface area contributed by atoms with E-state index in [0.29, 0.717) is 17.8 Å². The Morgan fingerprint density at radius 2 is 1.93 bits per heavy atom. The van der Waals surface area contributed by atoms with Crippen molar-refractivity contribution in [2.24, 2.45) is 5.92 Å². The Morgan fingerprint density at radius 3 is 2.54 bits per heavy atom. The molecule has 28 heavy (non-hydrogen) atoms. The average molecular weight is 389 g/mol. The van der Waals surface area contributed by atoms with Gasteiger partial charge in [0, 0.05) is 17.5 Å². The van der Waals surface area contributed by atoms with Crippen LogP contribution in [0.2, 0.25) is 0 Å². The highest BCUT2D eigenvalue weighted by molar-refractivity contribution is 5.86. The zero-order valence-electron chi connectivity index (χ0n) is 16.7. The van der Waals surface area contributed by atoms with E-state index in [1.165, 1.54) is 6.07 Å². The standard InChI is InChI=1S/C21H27NO6/c1-5-7-14-10-18(23)28-17-11-15(8-9-16(14)17)27-13(4)20(24)22-19(21(25)26)12(3)6-2/h8-13,19H,5-7H2,1-4H3,(H,22,24)(H,25,26)/t12-,13-,19-/m0/s1. The Kier molecular flexibility index (Phi) is 7.20. The lowest BCUT2D eigenvalue weighted by Crippen LogP contribution is -2.49. The zero-order valence-corrected chi connectivity index (χ0v) is 16.7. The molecule has 0 bridgehead atoms. The van der Waals surface area contributed by atoms with E-state index in [0.717, 1.165) is 23.8 Å². The fourth-order valence-corrected chi connectivity index (χ4v) is 2.97. The first-order valence-electron chi connectivity index (χ1n) is 9.53. The van der Waals surface area contributed by atoms with Crippen LogP contribution in [0.4, 0.5) is 0 Å². The summed E-state index contributed by atoms with van der Waals surface area (Å²) in [5.41, 5.74) is 0.866. The maximum absolute atomic E-state index is 12.4. The van der Waals surface area contributed by atoms with Crippen molar-refractivity contribution >= 4 is 22.8 Å². The fraction of sp³-hybridized carbons (Fsp3) is 0.476. The van der Waals surface area contributed by atoms with Crippen molar-refractivity contribution in [2.45, 2.75) is 59.1 Å². The number of carboxylic acids is 1. The molecule has 7 nitrogen and oxygen atoms in total. The SMILES string of the molecule is CCCc1cc(=O)oc2cc(O[C@@H](C)C(=O)N[C@H](C(=O)O)[C@@H](C)CC)ccc12. The number of fused-ring (bicyclic) bond motifs is 1. The van der Waals surface area contributed by atoms with E-state index < -0.39 is 29.6 Å². The van der Waals surface area contributed by atoms with Gasteiger partial charge < -0.3 is 19.6 Å². The molecule has 7 heteroatoms. The van der Waals surface area contributed by atoms with Crippen LogP contribution in [0, 0.1) is 5.92 Å². The van der Waals surface area contributed by atoms with Crippen LogP contribution >= 0.6 is 0 Å². The third-order valence-electron chi connectivity index (χ3n) is 4.78. The summed E-state index contributed by atoms with van der Waals surface area (Å²) in [5.74, 6) is -1.44. The monoisotopic (exact) mass is 389 g/mol. The molecule has 0 saturated carbocycles. The predicted molar refractivity (Wildman–Crippen MR) is 106 cm³/mol. The zero-order chi connectivity index (χ0) is 20.8. The Labute approximate surface area is 163 Å². The lowest BCUT2D eigenvalue weighted by molar-refractivity contribution is -0.144. The normalized spacial score (nSPS) is 14.3. The van der Waals surface area contributed by atoms with Gasteiger partial charge in [-0.1, -0.05) is 33.6 Å². The highest BCUT2D eigenvalue weighted by Gasteiger charge is 2.28. The van der Waals surface area contributed by atoms with E-state index in [9.17, 15) is 19.5 Å². The van der Waals surface area contributed by atoms with Crippen LogP contribution in [0.3, 0.4) is 0 Å². The molecule has 0 spiro atoms. The molecule has 2 N–H and O–H groups in total. The molecule has 2 aromatic rings. The van der Waals surface area contributed by atoms with Gasteiger partial charge in [0.2, 0.25) is 0 Å². The van der Waals surface area contributed by atoms with E-state index in [2.05, 4.69) is 5.32 Å². The van der Waals surface area contributed by atoms with Gasteiger partial charge in [-0.2, -0.15) is 0 Å². The predicted octanol–water partition coefficient (Wildman–Crippen LogP) is 3.13. The van der Waals surface area contributed by atoms with E-state index in [4.69, 9.17) is 9.15 Å². The van der Waals surface area contributed by atoms with Crippen molar-refractivity contribution in [3.63, 3.8) is 0 Å². The van der Waals surface area contributed by atoms with E-state index in [1.54, 1.807) is 32.0 Å². The van der Waals surface area contributed by atoms with Crippen LogP contribution in [0.5, 0.6) is 5.75 Å². The number of carbonyl (C=O) groups excluding carboxylic acids is 1. The molecule has 152 valence electrons. The first-order chi connectivity index (χ1) is 13.3. The number of aliphatic carboxylic acids is 1. The molecule has 3 atom stereocenters. The van der Waals surface area contributed by atoms with Gasteiger partial charge in [-0.3, -0.25) is 4.79 Å². The Bertz CT molecular complexity index is 903. The van der Waals surface area contributed by atoms with Crippen LogP contribution in [-0.4, -0.2) is 29.1 Å². The number of carbonyl (C=O) groups is 2. The molecule has 0 saturated heterocycles. The number of ether oxygens (including phenoxy) is 1. The minimum Gasteiger partial charge on any atom is -0.481 e. The maximum atomic E-state index is 12.4. The fourth-order valence-electron chi connectivity index (χ4n) is 2.97. The summed E-state index contributed by atoms with van der Waals surface area (Å²) in [5, 5.41) is 12.7. The van der Waals surface area contributed by atoms with Crippen molar-refractivity contribution < 1.29 is 23.8 Å². The van der Waals surface area contributed by atoms with Gasteiger partial charge in [0.1, 0.15) is 17.4 Å². The van der Waals surface area contributed by atoms with Gasteiger partial charge in [0.15, 0.2) is 6.10 Å². The molecule has 0 unspecified atom stereocenters. The van der Waals surface area contributed by atoms with Crippen molar-refractivity contribution in [3.8, 4) is 5.75 Å². The van der Waals surface area contributed by atoms with Crippen molar-refractivity contribution in [2.75, 3.05) is 0 Å². The lowest BCUT2D eigenvalue weighted by Gasteiger charge is -2.22. The second-order valence-corrected chi connectivity index (χ2v) is 6.97. The van der Waals surface area contributed by atoms with Gasteiger partial charge in [-0.05, 0) is 37.0 Å². The molecule has 2 rings (SSSR count). The van der Waals surface area contributed by atoms with Gasteiger partial charge in [0.25, 0.3) is 5.91 Å². The topological polar surface area (TPSA) is 106 Å². The number of rotatable bonds is 9. The largest absolute Gasteiger partial charge is 0.481 e. The lowest BCUT2D eigenvalue weighted by atomic mass is 9.99. The minimum atomic E-state index is -1.08. The van der Waals surface area contributed by atoms with E-state index in [1.807, 2.05) is 13.8 Å². The van der Waals surface area contributed by atoms with Crippen molar-refractivity contribution in [3.05, 3.63) is 40.2 Å². The van der Waals surface area contributed by atoms with Gasteiger partial charge >= 0.3 is 11.6 Å². The first kappa shape index (κ1) is 21.5. The quantitative estimate of drug-likeness (QED) is 0.638. The first-order valence-corrected chi connectivity index (χ1v) is 9.53. The van der Waals surface area contributed by atoms with Crippen molar-refractivity contribution in [1.82, 2.24) is 5.32 Å². The average Bonchev–Trinajstić information content (AvgIpc) is 2.64. The molecular formula is C21H27NO6. The Morgan fingerprint density at radius 1 is 1.21 bits per heavy atom. The van der Waals surface area contributed by atoms with Crippen LogP contribution in [0.1, 0.15) is 46.1 Å². The minimum absolute atomic E-state index is 0.208. The summed E-state index contributed by atoms with van der Waals surface area (Å²) in [7, 11) is 0. The number of aryl methyl sites for hydroxylation is 1. The number of nitrogens with one attached hydrogen (secondary N) is 1. The smallest absolute Gasteiger partial charge is 0.336 e. The third-order valence-corrected chi connectivity index (χ3v) is 4.78. The van der Waals surface area contributed by atoms with Crippen LogP contribution in [0.25, 0.3) is 11.0 Å². The summed E-state index contributed by atoms with van der Waals surface area (Å²) < 4.78 is 10.9. The number of carboxylic acid groups (broad SMARTS) is 1. The molecular weight excluding hydrogens is 362 g/mol. The molecule has 1 amide bonds. The van der Waals surface area contributed by atoms with E-state index in [-0.39, 0.29) is 5.92 Å². The molecule has 0 radical (unpaired) electrons. The van der Waals surface area contributed by atoms with Crippen LogP contribution in [0.15, 0.2) is 33.5 Å². The van der Waals surface area contributed by atoms with Crippen LogP contribution in [-0.2, 0) is 16.0 Å². The highest BCUT2D eigenvalue weighted by Crippen LogP contribution is 2.24. The Balaban J connectivity index is 2.18. The molecule has 0 aliphatic heterocycles. The summed E-state index contributed by atoms with van der Waals surface area (Å²) in [6, 6.07) is 5.58. The Hall–Kier alpha value is -2.83. The van der Waals surface area contributed by atoms with Crippen molar-refractivity contribution in [1.29, 1.82) is 0 Å². The van der Waals surface area contributed by atoms with Crippen LogP contribution < -0.4 is 15.7 Å². The molecule has 1 aromatic carbocycles. The number of amides is 1. The van der Waals surface area contributed by atoms with E-state index >= 15 is 0 Å². The van der Waals surface area contributed by atoms with Gasteiger partial charge in [-0.15, -0.1) is 0 Å². The second-order valence-electron chi connectivity index (χ2n) is 6.97. The number of hydrogen-bond acceptors (Lipinski definition) is 5. The molecule has 0 fully saturated rings. The molecule has 1 heterocycles. The summed E-state index contributed by atoms with van der Waals surface area (Å²) in [6.45, 7) is 7.20. The third kappa shape index (κ3) is 5.12. The summed E-state index contributed by atoms with van der Waals surface area (Å²) in [4.78, 5) is 35.5. The van der Waals surface area contributed by atoms with Gasteiger partial charge in [0.05, 0.1) is 0 Å². The maximum Gasteiger partial charge on any atom is 0.336 e. The second kappa shape index (κ2) is 9.39. The summed E-state index contributed by atoms with van der Waals surface area (Å²) in [6.07, 6.45) is 1.37. The number of benzene rings is 1.